The van der Waals surface area contributed by atoms with Crippen LogP contribution >= 0.6 is 15.9 Å². The van der Waals surface area contributed by atoms with Gasteiger partial charge < -0.3 is 25.0 Å². The first-order valence-corrected chi connectivity index (χ1v) is 11.1. The van der Waals surface area contributed by atoms with Crippen molar-refractivity contribution in [1.82, 2.24) is 14.9 Å². The Morgan fingerprint density at radius 2 is 2.16 bits per heavy atom. The van der Waals surface area contributed by atoms with Gasteiger partial charge in [-0.1, -0.05) is 0 Å². The fourth-order valence-electron chi connectivity index (χ4n) is 4.16. The maximum atomic E-state index is 12.4. The number of amides is 2. The number of nitrogens with zero attached hydrogens (tertiary/aromatic N) is 3. The summed E-state index contributed by atoms with van der Waals surface area (Å²) in [5, 5.41) is 13.5. The van der Waals surface area contributed by atoms with Crippen molar-refractivity contribution in [3.63, 3.8) is 0 Å². The molecule has 0 aromatic carbocycles. The maximum absolute atomic E-state index is 12.4. The van der Waals surface area contributed by atoms with Crippen LogP contribution in [0.3, 0.4) is 0 Å². The SMILES string of the molecule is CO[C@@H](C)C(=O)Nc1c[nH]c2ncc(Br)c(N3CCC[C@@H](N(C(=O)O)C(C)(C)C)C3)c12. The summed E-state index contributed by atoms with van der Waals surface area (Å²) < 4.78 is 5.90. The van der Waals surface area contributed by atoms with Crippen molar-refractivity contribution in [3.05, 3.63) is 16.9 Å². The summed E-state index contributed by atoms with van der Waals surface area (Å²) in [6, 6.07) is -0.146. The average molecular weight is 496 g/mol. The molecule has 1 aliphatic rings. The molecule has 3 rings (SSSR count). The molecule has 31 heavy (non-hydrogen) atoms. The van der Waals surface area contributed by atoms with Gasteiger partial charge in [0, 0.05) is 38.1 Å². The number of carbonyl (C=O) groups is 2. The van der Waals surface area contributed by atoms with Crippen LogP contribution in [0.1, 0.15) is 40.5 Å². The van der Waals surface area contributed by atoms with E-state index in [0.29, 0.717) is 17.9 Å². The maximum Gasteiger partial charge on any atom is 0.408 e. The second kappa shape index (κ2) is 9.04. The van der Waals surface area contributed by atoms with E-state index in [1.165, 1.54) is 7.11 Å². The molecule has 0 spiro atoms. The van der Waals surface area contributed by atoms with E-state index in [0.717, 1.165) is 34.9 Å². The van der Waals surface area contributed by atoms with Crippen molar-refractivity contribution in [2.75, 3.05) is 30.4 Å². The Morgan fingerprint density at radius 1 is 1.45 bits per heavy atom. The lowest BCUT2D eigenvalue weighted by Gasteiger charge is -2.45. The molecule has 0 bridgehead atoms. The average Bonchev–Trinajstić information content (AvgIpc) is 3.08. The lowest BCUT2D eigenvalue weighted by molar-refractivity contribution is -0.124. The monoisotopic (exact) mass is 495 g/mol. The van der Waals surface area contributed by atoms with Gasteiger partial charge in [-0.2, -0.15) is 0 Å². The van der Waals surface area contributed by atoms with Crippen molar-refractivity contribution < 1.29 is 19.4 Å². The molecule has 9 nitrogen and oxygen atoms in total. The second-order valence-corrected chi connectivity index (χ2v) is 9.67. The van der Waals surface area contributed by atoms with E-state index < -0.39 is 17.7 Å². The van der Waals surface area contributed by atoms with Crippen molar-refractivity contribution >= 4 is 50.3 Å². The Hall–Kier alpha value is -2.33. The number of hydrogen-bond acceptors (Lipinski definition) is 5. The van der Waals surface area contributed by atoms with E-state index in [2.05, 4.69) is 36.1 Å². The number of H-pyrrole nitrogens is 1. The van der Waals surface area contributed by atoms with Crippen LogP contribution in [0.15, 0.2) is 16.9 Å². The Kier molecular flexibility index (Phi) is 6.80. The second-order valence-electron chi connectivity index (χ2n) is 8.81. The van der Waals surface area contributed by atoms with Gasteiger partial charge in [-0.3, -0.25) is 9.69 Å². The van der Waals surface area contributed by atoms with Crippen molar-refractivity contribution in [2.45, 2.75) is 58.2 Å². The van der Waals surface area contributed by atoms with Crippen LogP contribution in [0, 0.1) is 0 Å². The zero-order valence-corrected chi connectivity index (χ0v) is 20.1. The van der Waals surface area contributed by atoms with Gasteiger partial charge in [0.05, 0.1) is 27.3 Å². The molecule has 1 aliphatic heterocycles. The minimum atomic E-state index is -0.915. The number of hydrogen-bond donors (Lipinski definition) is 3. The number of aromatic nitrogens is 2. The van der Waals surface area contributed by atoms with Crippen LogP contribution in [0.25, 0.3) is 11.0 Å². The highest BCUT2D eigenvalue weighted by Crippen LogP contribution is 2.39. The van der Waals surface area contributed by atoms with E-state index in [1.807, 2.05) is 20.8 Å². The van der Waals surface area contributed by atoms with Crippen LogP contribution in [0.2, 0.25) is 0 Å². The molecule has 3 N–H and O–H groups in total. The molecule has 0 radical (unpaired) electrons. The van der Waals surface area contributed by atoms with E-state index >= 15 is 0 Å². The number of halogens is 1. The van der Waals surface area contributed by atoms with Gasteiger partial charge in [0.15, 0.2) is 0 Å². The molecule has 3 heterocycles. The third-order valence-electron chi connectivity index (χ3n) is 5.62. The summed E-state index contributed by atoms with van der Waals surface area (Å²) in [5.74, 6) is -0.254. The highest BCUT2D eigenvalue weighted by atomic mass is 79.9. The summed E-state index contributed by atoms with van der Waals surface area (Å²) in [5.41, 5.74) is 1.64. The molecule has 170 valence electrons. The number of carbonyl (C=O) groups excluding carboxylic acids is 1. The molecule has 0 aliphatic carbocycles. The van der Waals surface area contributed by atoms with Gasteiger partial charge in [-0.15, -0.1) is 0 Å². The predicted octanol–water partition coefficient (Wildman–Crippen LogP) is 4.05. The largest absolute Gasteiger partial charge is 0.465 e. The van der Waals surface area contributed by atoms with Crippen molar-refractivity contribution in [3.8, 4) is 0 Å². The molecule has 0 unspecified atom stereocenters. The fraction of sp³-hybridized carbons (Fsp3) is 0.571. The Balaban J connectivity index is 2.00. The van der Waals surface area contributed by atoms with Crippen LogP contribution in [-0.2, 0) is 9.53 Å². The molecule has 2 atom stereocenters. The normalized spacial score (nSPS) is 18.1. The number of fused-ring (bicyclic) bond motifs is 1. The first-order chi connectivity index (χ1) is 14.5. The first-order valence-electron chi connectivity index (χ1n) is 10.3. The smallest absolute Gasteiger partial charge is 0.408 e. The Bertz CT molecular complexity index is 971. The summed E-state index contributed by atoms with van der Waals surface area (Å²) in [4.78, 5) is 35.7. The molecule has 2 amide bonds. The number of methoxy groups -OCH3 is 1. The minimum absolute atomic E-state index is 0.146. The molecule has 1 saturated heterocycles. The molecular weight excluding hydrogens is 466 g/mol. The molecule has 10 heteroatoms. The van der Waals surface area contributed by atoms with E-state index in [4.69, 9.17) is 4.74 Å². The van der Waals surface area contributed by atoms with Crippen LogP contribution in [0.5, 0.6) is 0 Å². The topological polar surface area (TPSA) is 111 Å². The zero-order valence-electron chi connectivity index (χ0n) is 18.5. The molecular formula is C21H30BrN5O4. The summed E-state index contributed by atoms with van der Waals surface area (Å²) in [6.45, 7) is 8.75. The van der Waals surface area contributed by atoms with E-state index in [9.17, 15) is 14.7 Å². The number of rotatable bonds is 5. The fourth-order valence-corrected chi connectivity index (χ4v) is 4.72. The highest BCUT2D eigenvalue weighted by Gasteiger charge is 2.36. The minimum Gasteiger partial charge on any atom is -0.465 e. The number of pyridine rings is 1. The lowest BCUT2D eigenvalue weighted by atomic mass is 9.97. The number of ether oxygens (including phenoxy) is 1. The van der Waals surface area contributed by atoms with E-state index in [1.54, 1.807) is 24.2 Å². The van der Waals surface area contributed by atoms with Gasteiger partial charge in [-0.05, 0) is 56.5 Å². The Morgan fingerprint density at radius 3 is 2.77 bits per heavy atom. The van der Waals surface area contributed by atoms with Crippen LogP contribution < -0.4 is 10.2 Å². The van der Waals surface area contributed by atoms with Crippen molar-refractivity contribution in [2.24, 2.45) is 0 Å². The number of piperidine rings is 1. The summed E-state index contributed by atoms with van der Waals surface area (Å²) in [6.07, 6.45) is 3.58. The lowest BCUT2D eigenvalue weighted by Crippen LogP contribution is -2.56. The highest BCUT2D eigenvalue weighted by molar-refractivity contribution is 9.10. The molecule has 2 aromatic rings. The predicted molar refractivity (Wildman–Crippen MR) is 124 cm³/mol. The van der Waals surface area contributed by atoms with E-state index in [-0.39, 0.29) is 11.9 Å². The number of aromatic amines is 1. The number of anilines is 2. The van der Waals surface area contributed by atoms with Gasteiger partial charge in [0.1, 0.15) is 11.8 Å². The van der Waals surface area contributed by atoms with Gasteiger partial charge in [0.2, 0.25) is 0 Å². The van der Waals surface area contributed by atoms with Gasteiger partial charge in [0.25, 0.3) is 5.91 Å². The van der Waals surface area contributed by atoms with Crippen LogP contribution in [-0.4, -0.2) is 69.9 Å². The molecule has 2 aromatic heterocycles. The number of nitrogens with one attached hydrogen (secondary N) is 2. The summed E-state index contributed by atoms with van der Waals surface area (Å²) in [7, 11) is 1.49. The standard InChI is InChI=1S/C21H30BrN5O4/c1-12(31-5)19(28)25-15-10-24-18-16(15)17(14(22)9-23-18)26-8-6-7-13(11-26)27(20(29)30)21(2,3)4/h9-10,12-13H,6-8,11H2,1-5H3,(H,23,24)(H,25,28)(H,29,30)/t12-,13+/m0/s1. The number of carboxylic acid groups (broad SMARTS) is 1. The summed E-state index contributed by atoms with van der Waals surface area (Å²) >= 11 is 3.62. The quantitative estimate of drug-likeness (QED) is 0.576. The van der Waals surface area contributed by atoms with Crippen LogP contribution in [0.4, 0.5) is 16.2 Å². The Labute approximate surface area is 190 Å². The molecule has 1 fully saturated rings. The van der Waals surface area contributed by atoms with Gasteiger partial charge >= 0.3 is 6.09 Å². The van der Waals surface area contributed by atoms with Crippen molar-refractivity contribution in [1.29, 1.82) is 0 Å². The third kappa shape index (κ3) is 4.79. The third-order valence-corrected chi connectivity index (χ3v) is 6.20. The molecule has 0 saturated carbocycles. The van der Waals surface area contributed by atoms with Gasteiger partial charge in [-0.25, -0.2) is 9.78 Å². The first kappa shape index (κ1) is 23.3. The zero-order chi connectivity index (χ0) is 22.9.